The number of carbonyl (C=O) groups is 1. The van der Waals surface area contributed by atoms with E-state index in [-0.39, 0.29) is 11.6 Å². The molecular formula is C13H18F2N2O. The molecule has 0 fully saturated rings. The third-order valence-electron chi connectivity index (χ3n) is 2.75. The Balaban J connectivity index is 2.77. The average molecular weight is 256 g/mol. The topological polar surface area (TPSA) is 32.3 Å². The second-order valence-electron chi connectivity index (χ2n) is 4.00. The van der Waals surface area contributed by atoms with Gasteiger partial charge in [0, 0.05) is 13.1 Å². The fraction of sp³-hybridized carbons (Fsp3) is 0.462. The van der Waals surface area contributed by atoms with Crippen molar-refractivity contribution in [1.82, 2.24) is 4.90 Å². The smallest absolute Gasteiger partial charge is 0.244 e. The van der Waals surface area contributed by atoms with E-state index in [1.807, 2.05) is 13.8 Å². The molecule has 0 aliphatic heterocycles. The number of benzene rings is 1. The number of anilines is 1. The van der Waals surface area contributed by atoms with Gasteiger partial charge in [0.05, 0.1) is 5.69 Å². The highest BCUT2D eigenvalue weighted by Crippen LogP contribution is 2.16. The Hall–Kier alpha value is -1.65. The highest BCUT2D eigenvalue weighted by Gasteiger charge is 2.19. The predicted octanol–water partition coefficient (Wildman–Crippen LogP) is 2.63. The predicted molar refractivity (Wildman–Crippen MR) is 67.4 cm³/mol. The molecule has 0 aromatic heterocycles. The fourth-order valence-corrected chi connectivity index (χ4v) is 1.71. The van der Waals surface area contributed by atoms with Crippen molar-refractivity contribution in [2.45, 2.75) is 26.8 Å². The number of halogens is 2. The fourth-order valence-electron chi connectivity index (χ4n) is 1.71. The van der Waals surface area contributed by atoms with E-state index in [4.69, 9.17) is 0 Å². The molecule has 0 spiro atoms. The van der Waals surface area contributed by atoms with Gasteiger partial charge >= 0.3 is 0 Å². The zero-order chi connectivity index (χ0) is 13.7. The monoisotopic (exact) mass is 256 g/mol. The van der Waals surface area contributed by atoms with E-state index in [9.17, 15) is 13.6 Å². The van der Waals surface area contributed by atoms with Crippen LogP contribution in [0.2, 0.25) is 0 Å². The molecule has 1 N–H and O–H groups in total. The second-order valence-corrected chi connectivity index (χ2v) is 4.00. The van der Waals surface area contributed by atoms with Gasteiger partial charge in [-0.05, 0) is 39.0 Å². The van der Waals surface area contributed by atoms with Crippen LogP contribution in [0.5, 0.6) is 0 Å². The minimum Gasteiger partial charge on any atom is -0.371 e. The lowest BCUT2D eigenvalue weighted by molar-refractivity contribution is -0.131. The SMILES string of the molecule is CCN(CC)C(=O)C(C)Nc1cc(F)ccc1F. The standard InChI is InChI=1S/C13H18F2N2O/c1-4-17(5-2)13(18)9(3)16-12-8-10(14)6-7-11(12)15/h6-9,16H,4-5H2,1-3H3. The van der Waals surface area contributed by atoms with E-state index in [0.717, 1.165) is 18.2 Å². The summed E-state index contributed by atoms with van der Waals surface area (Å²) in [6.45, 7) is 6.55. The largest absolute Gasteiger partial charge is 0.371 e. The van der Waals surface area contributed by atoms with Crippen molar-refractivity contribution < 1.29 is 13.6 Å². The molecule has 1 atom stereocenters. The van der Waals surface area contributed by atoms with Gasteiger partial charge in [0.1, 0.15) is 17.7 Å². The minimum atomic E-state index is -0.596. The van der Waals surface area contributed by atoms with Crippen LogP contribution in [0.15, 0.2) is 18.2 Å². The van der Waals surface area contributed by atoms with E-state index >= 15 is 0 Å². The molecule has 0 bridgehead atoms. The van der Waals surface area contributed by atoms with Crippen LogP contribution in [-0.4, -0.2) is 29.9 Å². The molecule has 1 aromatic carbocycles. The zero-order valence-corrected chi connectivity index (χ0v) is 10.8. The van der Waals surface area contributed by atoms with Gasteiger partial charge in [-0.25, -0.2) is 8.78 Å². The first-order valence-corrected chi connectivity index (χ1v) is 6.00. The molecule has 18 heavy (non-hydrogen) atoms. The summed E-state index contributed by atoms with van der Waals surface area (Å²) in [6, 6.07) is 2.52. The number of carbonyl (C=O) groups excluding carboxylic acids is 1. The van der Waals surface area contributed by atoms with Crippen molar-refractivity contribution in [3.8, 4) is 0 Å². The Labute approximate surface area is 106 Å². The van der Waals surface area contributed by atoms with Crippen LogP contribution >= 0.6 is 0 Å². The van der Waals surface area contributed by atoms with Crippen LogP contribution in [0, 0.1) is 11.6 Å². The van der Waals surface area contributed by atoms with Crippen molar-refractivity contribution in [1.29, 1.82) is 0 Å². The number of nitrogens with one attached hydrogen (secondary N) is 1. The van der Waals surface area contributed by atoms with Crippen molar-refractivity contribution in [2.24, 2.45) is 0 Å². The third-order valence-corrected chi connectivity index (χ3v) is 2.75. The summed E-state index contributed by atoms with van der Waals surface area (Å²) in [6.07, 6.45) is 0. The van der Waals surface area contributed by atoms with Crippen LogP contribution in [0.4, 0.5) is 14.5 Å². The molecule has 0 heterocycles. The Kier molecular flexibility index (Phi) is 5.07. The summed E-state index contributed by atoms with van der Waals surface area (Å²) in [4.78, 5) is 13.6. The molecule has 1 aromatic rings. The number of amides is 1. The first-order valence-electron chi connectivity index (χ1n) is 6.00. The first kappa shape index (κ1) is 14.4. The maximum Gasteiger partial charge on any atom is 0.244 e. The van der Waals surface area contributed by atoms with Crippen molar-refractivity contribution >= 4 is 11.6 Å². The summed E-state index contributed by atoms with van der Waals surface area (Å²) >= 11 is 0. The van der Waals surface area contributed by atoms with Crippen LogP contribution in [-0.2, 0) is 4.79 Å². The number of likely N-dealkylation sites (N-methyl/N-ethyl adjacent to an activating group) is 1. The number of hydrogen-bond acceptors (Lipinski definition) is 2. The summed E-state index contributed by atoms with van der Waals surface area (Å²) in [7, 11) is 0. The zero-order valence-electron chi connectivity index (χ0n) is 10.8. The lowest BCUT2D eigenvalue weighted by Gasteiger charge is -2.24. The summed E-state index contributed by atoms with van der Waals surface area (Å²) in [5, 5.41) is 2.69. The van der Waals surface area contributed by atoms with Gasteiger partial charge in [0.25, 0.3) is 0 Å². The third kappa shape index (κ3) is 3.42. The Morgan fingerprint density at radius 3 is 2.50 bits per heavy atom. The van der Waals surface area contributed by atoms with Crippen LogP contribution < -0.4 is 5.32 Å². The van der Waals surface area contributed by atoms with Gasteiger partial charge in [-0.1, -0.05) is 0 Å². The van der Waals surface area contributed by atoms with Gasteiger partial charge < -0.3 is 10.2 Å². The van der Waals surface area contributed by atoms with Crippen LogP contribution in [0.25, 0.3) is 0 Å². The van der Waals surface area contributed by atoms with E-state index < -0.39 is 17.7 Å². The summed E-state index contributed by atoms with van der Waals surface area (Å²) in [5.41, 5.74) is 0.00278. The van der Waals surface area contributed by atoms with E-state index in [2.05, 4.69) is 5.32 Å². The highest BCUT2D eigenvalue weighted by molar-refractivity contribution is 5.84. The first-order chi connectivity index (χ1) is 8.49. The molecule has 0 radical (unpaired) electrons. The highest BCUT2D eigenvalue weighted by atomic mass is 19.1. The Morgan fingerprint density at radius 2 is 1.94 bits per heavy atom. The molecule has 1 rings (SSSR count). The van der Waals surface area contributed by atoms with Crippen LogP contribution in [0.1, 0.15) is 20.8 Å². The van der Waals surface area contributed by atoms with Gasteiger partial charge in [-0.2, -0.15) is 0 Å². The van der Waals surface area contributed by atoms with Crippen molar-refractivity contribution in [3.63, 3.8) is 0 Å². The molecular weight excluding hydrogens is 238 g/mol. The molecule has 5 heteroatoms. The van der Waals surface area contributed by atoms with Crippen molar-refractivity contribution in [2.75, 3.05) is 18.4 Å². The molecule has 3 nitrogen and oxygen atoms in total. The maximum atomic E-state index is 13.4. The maximum absolute atomic E-state index is 13.4. The minimum absolute atomic E-state index is 0.00278. The van der Waals surface area contributed by atoms with Gasteiger partial charge in [0.15, 0.2) is 0 Å². The quantitative estimate of drug-likeness (QED) is 0.878. The molecule has 0 aliphatic carbocycles. The molecule has 1 amide bonds. The lowest BCUT2D eigenvalue weighted by Crippen LogP contribution is -2.41. The molecule has 0 saturated carbocycles. The van der Waals surface area contributed by atoms with Gasteiger partial charge in [-0.3, -0.25) is 4.79 Å². The number of rotatable bonds is 5. The molecule has 100 valence electrons. The Morgan fingerprint density at radius 1 is 1.33 bits per heavy atom. The summed E-state index contributed by atoms with van der Waals surface area (Å²) in [5.74, 6) is -1.25. The van der Waals surface area contributed by atoms with Gasteiger partial charge in [0.2, 0.25) is 5.91 Å². The summed E-state index contributed by atoms with van der Waals surface area (Å²) < 4.78 is 26.4. The van der Waals surface area contributed by atoms with Gasteiger partial charge in [-0.15, -0.1) is 0 Å². The van der Waals surface area contributed by atoms with Crippen molar-refractivity contribution in [3.05, 3.63) is 29.8 Å². The van der Waals surface area contributed by atoms with Crippen LogP contribution in [0.3, 0.4) is 0 Å². The number of hydrogen-bond donors (Lipinski definition) is 1. The molecule has 0 saturated heterocycles. The normalized spacial score (nSPS) is 12.1. The Bertz CT molecular complexity index is 419. The van der Waals surface area contributed by atoms with E-state index in [0.29, 0.717) is 13.1 Å². The average Bonchev–Trinajstić information content (AvgIpc) is 2.35. The lowest BCUT2D eigenvalue weighted by atomic mass is 10.2. The molecule has 1 unspecified atom stereocenters. The molecule has 0 aliphatic rings. The van der Waals surface area contributed by atoms with E-state index in [1.54, 1.807) is 11.8 Å². The second kappa shape index (κ2) is 6.33. The van der Waals surface area contributed by atoms with E-state index in [1.165, 1.54) is 0 Å². The number of nitrogens with zero attached hydrogens (tertiary/aromatic N) is 1.